The first-order valence-corrected chi connectivity index (χ1v) is 4.86. The van der Waals surface area contributed by atoms with Crippen LogP contribution in [0.5, 0.6) is 0 Å². The van der Waals surface area contributed by atoms with Crippen molar-refractivity contribution in [2.75, 3.05) is 0 Å². The number of hydrogen-bond acceptors (Lipinski definition) is 1. The maximum absolute atomic E-state index is 4.38. The maximum atomic E-state index is 4.38. The predicted molar refractivity (Wildman–Crippen MR) is 55.1 cm³/mol. The second kappa shape index (κ2) is 3.56. The Morgan fingerprint density at radius 2 is 2.27 bits per heavy atom. The van der Waals surface area contributed by atoms with Crippen LogP contribution in [0.2, 0.25) is 0 Å². The van der Waals surface area contributed by atoms with E-state index in [1.54, 1.807) is 0 Å². The molecule has 0 unspecified atom stereocenters. The van der Waals surface area contributed by atoms with Crippen LogP contribution in [-0.2, 0) is 6.42 Å². The van der Waals surface area contributed by atoms with E-state index in [9.17, 15) is 0 Å². The Hall–Kier alpha value is -0.0600. The molecule has 3 heteroatoms. The smallest absolute Gasteiger partial charge is 0.0846 e. The summed E-state index contributed by atoms with van der Waals surface area (Å²) in [4.78, 5) is 0. The van der Waals surface area contributed by atoms with Crippen molar-refractivity contribution in [3.8, 4) is 0 Å². The molecule has 0 atom stereocenters. The first-order chi connectivity index (χ1) is 5.15. The summed E-state index contributed by atoms with van der Waals surface area (Å²) in [6.45, 7) is 6.48. The summed E-state index contributed by atoms with van der Waals surface area (Å²) in [7, 11) is 0. The zero-order valence-corrected chi connectivity index (χ0v) is 9.29. The summed E-state index contributed by atoms with van der Waals surface area (Å²) in [5.74, 6) is 0.538. The van der Waals surface area contributed by atoms with Gasteiger partial charge in [-0.1, -0.05) is 20.8 Å². The lowest BCUT2D eigenvalue weighted by atomic mass is 10.1. The lowest BCUT2D eigenvalue weighted by molar-refractivity contribution is 0.802. The summed E-state index contributed by atoms with van der Waals surface area (Å²) in [6.07, 6.45) is 1.06. The van der Waals surface area contributed by atoms with Crippen molar-refractivity contribution in [2.45, 2.75) is 33.1 Å². The van der Waals surface area contributed by atoms with Crippen molar-refractivity contribution < 1.29 is 0 Å². The van der Waals surface area contributed by atoms with Crippen molar-refractivity contribution in [1.29, 1.82) is 0 Å². The summed E-state index contributed by atoms with van der Waals surface area (Å²) in [5.41, 5.74) is 2.49. The Bertz CT molecular complexity index is 240. The SMILES string of the molecule is CCc1cc(C(C)C)nn1I. The van der Waals surface area contributed by atoms with Gasteiger partial charge in [0.15, 0.2) is 0 Å². The molecule has 0 bridgehead atoms. The molecule has 0 N–H and O–H groups in total. The molecule has 1 aromatic heterocycles. The summed E-state index contributed by atoms with van der Waals surface area (Å²) in [6, 6.07) is 2.18. The Labute approximate surface area is 81.5 Å². The average Bonchev–Trinajstić information content (AvgIpc) is 2.31. The van der Waals surface area contributed by atoms with Gasteiger partial charge >= 0.3 is 0 Å². The second-order valence-electron chi connectivity index (χ2n) is 2.93. The predicted octanol–water partition coefficient (Wildman–Crippen LogP) is 2.77. The highest BCUT2D eigenvalue weighted by atomic mass is 127. The Balaban J connectivity index is 2.95. The fraction of sp³-hybridized carbons (Fsp3) is 0.625. The van der Waals surface area contributed by atoms with Crippen LogP contribution in [0.25, 0.3) is 0 Å². The van der Waals surface area contributed by atoms with E-state index >= 15 is 0 Å². The normalized spacial score (nSPS) is 11.0. The minimum atomic E-state index is 0.538. The molecule has 0 saturated heterocycles. The van der Waals surface area contributed by atoms with Gasteiger partial charge < -0.3 is 0 Å². The fourth-order valence-corrected chi connectivity index (χ4v) is 1.66. The van der Waals surface area contributed by atoms with Crippen LogP contribution in [0.15, 0.2) is 6.07 Å². The molecule has 2 nitrogen and oxygen atoms in total. The van der Waals surface area contributed by atoms with Gasteiger partial charge in [0.25, 0.3) is 0 Å². The molecule has 0 aliphatic heterocycles. The lowest BCUT2D eigenvalue weighted by Crippen LogP contribution is -1.90. The minimum absolute atomic E-state index is 0.538. The molecular formula is C8H13IN2. The van der Waals surface area contributed by atoms with Crippen LogP contribution < -0.4 is 0 Å². The quantitative estimate of drug-likeness (QED) is 0.751. The van der Waals surface area contributed by atoms with Crippen LogP contribution >= 0.6 is 22.9 Å². The third-order valence-corrected chi connectivity index (χ3v) is 2.54. The van der Waals surface area contributed by atoms with E-state index in [-0.39, 0.29) is 0 Å². The van der Waals surface area contributed by atoms with Crippen LogP contribution in [-0.4, -0.2) is 7.99 Å². The van der Waals surface area contributed by atoms with Gasteiger partial charge in [0.2, 0.25) is 0 Å². The molecule has 62 valence electrons. The molecule has 11 heavy (non-hydrogen) atoms. The molecular weight excluding hydrogens is 251 g/mol. The van der Waals surface area contributed by atoms with Crippen molar-refractivity contribution >= 4 is 22.9 Å². The molecule has 0 aliphatic rings. The molecule has 0 radical (unpaired) electrons. The van der Waals surface area contributed by atoms with Crippen molar-refractivity contribution in [3.05, 3.63) is 17.5 Å². The maximum Gasteiger partial charge on any atom is 0.0846 e. The van der Waals surface area contributed by atoms with Crippen molar-refractivity contribution in [3.63, 3.8) is 0 Å². The molecule has 1 rings (SSSR count). The third kappa shape index (κ3) is 1.95. The number of halogens is 1. The zero-order valence-electron chi connectivity index (χ0n) is 7.13. The van der Waals surface area contributed by atoms with Gasteiger partial charge in [0, 0.05) is 5.69 Å². The standard InChI is InChI=1S/C8H13IN2/c1-4-7-5-8(6(2)3)10-11(7)9/h5-6H,4H2,1-3H3. The first kappa shape index (κ1) is 9.03. The number of hydrogen-bond donors (Lipinski definition) is 0. The zero-order chi connectivity index (χ0) is 8.43. The van der Waals surface area contributed by atoms with E-state index in [2.05, 4.69) is 54.8 Å². The third-order valence-electron chi connectivity index (χ3n) is 1.71. The van der Waals surface area contributed by atoms with Crippen LogP contribution in [0, 0.1) is 0 Å². The van der Waals surface area contributed by atoms with E-state index < -0.39 is 0 Å². The molecule has 0 aromatic carbocycles. The second-order valence-corrected chi connectivity index (χ2v) is 3.84. The van der Waals surface area contributed by atoms with Gasteiger partial charge in [0.05, 0.1) is 28.6 Å². The molecule has 0 aliphatic carbocycles. The van der Waals surface area contributed by atoms with Crippen LogP contribution in [0.1, 0.15) is 38.1 Å². The van der Waals surface area contributed by atoms with Gasteiger partial charge in [-0.2, -0.15) is 5.10 Å². The monoisotopic (exact) mass is 264 g/mol. The van der Waals surface area contributed by atoms with E-state index in [0.717, 1.165) is 6.42 Å². The van der Waals surface area contributed by atoms with Crippen LogP contribution in [0.3, 0.4) is 0 Å². The molecule has 0 amide bonds. The molecule has 1 heterocycles. The van der Waals surface area contributed by atoms with Gasteiger partial charge in [-0.3, -0.25) is 0 Å². The van der Waals surface area contributed by atoms with E-state index in [0.29, 0.717) is 5.92 Å². The van der Waals surface area contributed by atoms with Gasteiger partial charge in [-0.05, 0) is 18.4 Å². The number of rotatable bonds is 2. The average molecular weight is 264 g/mol. The van der Waals surface area contributed by atoms with Crippen molar-refractivity contribution in [1.82, 2.24) is 7.99 Å². The summed E-state index contributed by atoms with van der Waals surface area (Å²) in [5, 5.41) is 4.38. The molecule has 0 spiro atoms. The Morgan fingerprint density at radius 3 is 2.55 bits per heavy atom. The number of nitrogens with zero attached hydrogens (tertiary/aromatic N) is 2. The fourth-order valence-electron chi connectivity index (χ4n) is 0.933. The molecule has 0 fully saturated rings. The van der Waals surface area contributed by atoms with Gasteiger partial charge in [0.1, 0.15) is 0 Å². The summed E-state index contributed by atoms with van der Waals surface area (Å²) < 4.78 is 1.94. The van der Waals surface area contributed by atoms with Gasteiger partial charge in [-0.25, -0.2) is 2.90 Å². The number of aromatic nitrogens is 2. The first-order valence-electron chi connectivity index (χ1n) is 3.90. The largest absolute Gasteiger partial charge is 0.208 e. The number of aryl methyl sites for hydroxylation is 1. The van der Waals surface area contributed by atoms with E-state index in [1.807, 2.05) is 2.90 Å². The molecule has 0 saturated carbocycles. The lowest BCUT2D eigenvalue weighted by Gasteiger charge is -1.95. The highest BCUT2D eigenvalue weighted by Crippen LogP contribution is 2.16. The van der Waals surface area contributed by atoms with Crippen molar-refractivity contribution in [2.24, 2.45) is 0 Å². The Kier molecular flexibility index (Phi) is 2.92. The minimum Gasteiger partial charge on any atom is -0.208 e. The summed E-state index contributed by atoms with van der Waals surface area (Å²) >= 11 is 2.22. The van der Waals surface area contributed by atoms with Crippen LogP contribution in [0.4, 0.5) is 0 Å². The highest BCUT2D eigenvalue weighted by Gasteiger charge is 2.06. The molecule has 1 aromatic rings. The topological polar surface area (TPSA) is 17.8 Å². The van der Waals surface area contributed by atoms with E-state index in [1.165, 1.54) is 11.4 Å². The van der Waals surface area contributed by atoms with Gasteiger partial charge in [-0.15, -0.1) is 0 Å². The highest BCUT2D eigenvalue weighted by molar-refractivity contribution is 14.1. The Morgan fingerprint density at radius 1 is 1.64 bits per heavy atom. The van der Waals surface area contributed by atoms with E-state index in [4.69, 9.17) is 0 Å².